The molecule has 4 atom stereocenters. The molecule has 2 aromatic carbocycles. The Labute approximate surface area is 217 Å². The molecule has 2 aromatic rings. The first-order valence-electron chi connectivity index (χ1n) is 10.8. The maximum absolute atomic E-state index is 12.8. The molecule has 35 heavy (non-hydrogen) atoms. The summed E-state index contributed by atoms with van der Waals surface area (Å²) >= 11 is 6.83. The van der Waals surface area contributed by atoms with E-state index in [1.165, 1.54) is 25.5 Å². The van der Waals surface area contributed by atoms with Crippen LogP contribution in [-0.2, 0) is 16.2 Å². The molecule has 1 saturated heterocycles. The number of carbonyl (C=O) groups excluding carboxylic acids is 2. The lowest BCUT2D eigenvalue weighted by Crippen LogP contribution is -2.28. The monoisotopic (exact) mass is 603 g/mol. The van der Waals surface area contributed by atoms with E-state index in [0.717, 1.165) is 25.9 Å². The Morgan fingerprint density at radius 3 is 2.43 bits per heavy atom. The first-order chi connectivity index (χ1) is 16.8. The van der Waals surface area contributed by atoms with Crippen LogP contribution in [0.1, 0.15) is 17.5 Å². The van der Waals surface area contributed by atoms with Crippen molar-refractivity contribution in [2.75, 3.05) is 7.11 Å². The number of nitro groups is 1. The van der Waals surface area contributed by atoms with Gasteiger partial charge in [0.05, 0.1) is 30.1 Å². The van der Waals surface area contributed by atoms with Gasteiger partial charge in [-0.1, -0.05) is 50.1 Å². The molecule has 2 fully saturated rings. The molecule has 5 rings (SSSR count). The third-order valence-corrected chi connectivity index (χ3v) is 7.86. The van der Waals surface area contributed by atoms with Gasteiger partial charge in [-0.05, 0) is 36.5 Å². The van der Waals surface area contributed by atoms with Gasteiger partial charge in [0.2, 0.25) is 5.75 Å². The van der Waals surface area contributed by atoms with Gasteiger partial charge in [0.25, 0.3) is 11.8 Å². The van der Waals surface area contributed by atoms with E-state index in [1.807, 2.05) is 30.4 Å². The zero-order chi connectivity index (χ0) is 24.9. The first-order valence-corrected chi connectivity index (χ1v) is 12.4. The number of imide groups is 1. The summed E-state index contributed by atoms with van der Waals surface area (Å²) in [6.07, 6.45) is 6.09. The SMILES string of the molecule is COc1cc(C=NN2C(=O)[C@@H]3[C@H](C2=O)[C@H]2C=C[C@H]3C2)cc([N+](=O)[O-])c1OCc1ccc(Br)cc1Br. The number of benzene rings is 2. The number of nitro benzene ring substituents is 1. The molecule has 3 aliphatic rings. The van der Waals surface area contributed by atoms with Crippen LogP contribution in [-0.4, -0.2) is 35.1 Å². The summed E-state index contributed by atoms with van der Waals surface area (Å²) in [6.45, 7) is 0.0639. The number of fused-ring (bicyclic) bond motifs is 5. The van der Waals surface area contributed by atoms with E-state index in [9.17, 15) is 19.7 Å². The van der Waals surface area contributed by atoms with Gasteiger partial charge in [-0.15, -0.1) is 0 Å². The predicted molar refractivity (Wildman–Crippen MR) is 133 cm³/mol. The zero-order valence-corrected chi connectivity index (χ0v) is 21.6. The largest absolute Gasteiger partial charge is 0.493 e. The number of halogens is 2. The van der Waals surface area contributed by atoms with Crippen molar-refractivity contribution in [2.24, 2.45) is 28.8 Å². The van der Waals surface area contributed by atoms with Crippen molar-refractivity contribution in [1.82, 2.24) is 5.01 Å². The highest BCUT2D eigenvalue weighted by Crippen LogP contribution is 2.52. The van der Waals surface area contributed by atoms with Gasteiger partial charge in [0.15, 0.2) is 5.75 Å². The van der Waals surface area contributed by atoms with E-state index in [0.29, 0.717) is 5.56 Å². The van der Waals surface area contributed by atoms with Crippen LogP contribution in [0.2, 0.25) is 0 Å². The van der Waals surface area contributed by atoms with Crippen LogP contribution in [0.3, 0.4) is 0 Å². The summed E-state index contributed by atoms with van der Waals surface area (Å²) in [5.74, 6) is -1.14. The number of methoxy groups -OCH3 is 1. The van der Waals surface area contributed by atoms with E-state index in [-0.39, 0.29) is 59.3 Å². The third-order valence-electron chi connectivity index (χ3n) is 6.63. The molecule has 0 spiro atoms. The van der Waals surface area contributed by atoms with Crippen LogP contribution in [0.25, 0.3) is 0 Å². The second-order valence-electron chi connectivity index (χ2n) is 8.59. The minimum Gasteiger partial charge on any atom is -0.493 e. The fraction of sp³-hybridized carbons (Fsp3) is 0.292. The zero-order valence-electron chi connectivity index (χ0n) is 18.4. The lowest BCUT2D eigenvalue weighted by Gasteiger charge is -2.13. The Balaban J connectivity index is 1.40. The quantitative estimate of drug-likeness (QED) is 0.147. The van der Waals surface area contributed by atoms with Crippen LogP contribution in [0.4, 0.5) is 5.69 Å². The number of hydrazone groups is 1. The third kappa shape index (κ3) is 4.16. The summed E-state index contributed by atoms with van der Waals surface area (Å²) in [6, 6.07) is 8.30. The maximum atomic E-state index is 12.8. The van der Waals surface area contributed by atoms with Crippen molar-refractivity contribution in [3.05, 3.63) is 72.7 Å². The second kappa shape index (κ2) is 9.19. The van der Waals surface area contributed by atoms with Crippen molar-refractivity contribution >= 4 is 55.6 Å². The van der Waals surface area contributed by atoms with Crippen LogP contribution in [0, 0.1) is 33.8 Å². The summed E-state index contributed by atoms with van der Waals surface area (Å²) in [5.41, 5.74) is 0.761. The van der Waals surface area contributed by atoms with E-state index >= 15 is 0 Å². The summed E-state index contributed by atoms with van der Waals surface area (Å²) in [4.78, 5) is 36.9. The summed E-state index contributed by atoms with van der Waals surface area (Å²) in [5, 5.41) is 16.8. The lowest BCUT2D eigenvalue weighted by molar-refractivity contribution is -0.386. The van der Waals surface area contributed by atoms with E-state index in [2.05, 4.69) is 37.0 Å². The lowest BCUT2D eigenvalue weighted by atomic mass is 9.85. The van der Waals surface area contributed by atoms with Crippen molar-refractivity contribution < 1.29 is 24.0 Å². The van der Waals surface area contributed by atoms with Crippen molar-refractivity contribution in [1.29, 1.82) is 0 Å². The molecule has 180 valence electrons. The molecule has 0 radical (unpaired) electrons. The van der Waals surface area contributed by atoms with Crippen molar-refractivity contribution in [3.8, 4) is 11.5 Å². The first kappa shape index (κ1) is 23.7. The number of carbonyl (C=O) groups is 2. The molecule has 11 heteroatoms. The fourth-order valence-corrected chi connectivity index (χ4v) is 6.19. The Kier molecular flexibility index (Phi) is 6.22. The number of hydrogen-bond donors (Lipinski definition) is 0. The molecule has 1 saturated carbocycles. The van der Waals surface area contributed by atoms with E-state index in [4.69, 9.17) is 9.47 Å². The minimum absolute atomic E-state index is 0.0324. The Bertz CT molecular complexity index is 1280. The average Bonchev–Trinajstić information content (AvgIpc) is 3.51. The van der Waals surface area contributed by atoms with Gasteiger partial charge >= 0.3 is 5.69 Å². The van der Waals surface area contributed by atoms with Gasteiger partial charge in [0, 0.05) is 26.1 Å². The molecule has 1 heterocycles. The van der Waals surface area contributed by atoms with Crippen molar-refractivity contribution in [3.63, 3.8) is 0 Å². The topological polar surface area (TPSA) is 111 Å². The number of amides is 2. The summed E-state index contributed by atoms with van der Waals surface area (Å²) < 4.78 is 12.8. The molecule has 0 unspecified atom stereocenters. The minimum atomic E-state index is -0.578. The smallest absolute Gasteiger partial charge is 0.315 e. The molecule has 9 nitrogen and oxygen atoms in total. The van der Waals surface area contributed by atoms with Crippen LogP contribution in [0.5, 0.6) is 11.5 Å². The highest BCUT2D eigenvalue weighted by Gasteiger charge is 2.59. The molecular formula is C24H19Br2N3O6. The maximum Gasteiger partial charge on any atom is 0.315 e. The summed E-state index contributed by atoms with van der Waals surface area (Å²) in [7, 11) is 1.37. The molecule has 2 aliphatic carbocycles. The second-order valence-corrected chi connectivity index (χ2v) is 10.4. The molecule has 0 N–H and O–H groups in total. The Morgan fingerprint density at radius 2 is 1.83 bits per heavy atom. The molecule has 1 aliphatic heterocycles. The van der Waals surface area contributed by atoms with Gasteiger partial charge < -0.3 is 9.47 Å². The van der Waals surface area contributed by atoms with Crippen molar-refractivity contribution in [2.45, 2.75) is 13.0 Å². The Hall–Kier alpha value is -3.05. The molecule has 2 amide bonds. The van der Waals surface area contributed by atoms with Gasteiger partial charge in [0.1, 0.15) is 6.61 Å². The van der Waals surface area contributed by atoms with E-state index < -0.39 is 4.92 Å². The normalized spacial score (nSPS) is 24.5. The molecule has 0 aromatic heterocycles. The average molecular weight is 605 g/mol. The highest BCUT2D eigenvalue weighted by molar-refractivity contribution is 9.11. The van der Waals surface area contributed by atoms with Crippen LogP contribution in [0.15, 0.2) is 56.5 Å². The number of ether oxygens (including phenoxy) is 2. The van der Waals surface area contributed by atoms with Crippen LogP contribution >= 0.6 is 31.9 Å². The van der Waals surface area contributed by atoms with Gasteiger partial charge in [-0.2, -0.15) is 10.1 Å². The van der Waals surface area contributed by atoms with E-state index in [1.54, 1.807) is 0 Å². The fourth-order valence-electron chi connectivity index (χ4n) is 5.03. The number of allylic oxidation sites excluding steroid dienone is 2. The predicted octanol–water partition coefficient (Wildman–Crippen LogP) is 4.85. The standard InChI is InChI=1S/C24H19Br2N3O6/c1-34-19-7-12(10-27-28-23(30)20-13-2-3-14(8-13)21(20)24(28)31)6-18(29(32)33)22(19)35-11-15-4-5-16(25)9-17(15)26/h2-7,9-10,13-14,20-21H,8,11H2,1H3/t13-,14-,20-,21+/m0/s1. The van der Waals surface area contributed by atoms with Crippen LogP contribution < -0.4 is 9.47 Å². The highest BCUT2D eigenvalue weighted by atomic mass is 79.9. The Morgan fingerprint density at radius 1 is 1.14 bits per heavy atom. The molecule has 2 bridgehead atoms. The number of nitrogens with zero attached hydrogens (tertiary/aromatic N) is 3. The number of rotatable bonds is 7. The molecular weight excluding hydrogens is 586 g/mol. The van der Waals surface area contributed by atoms with Gasteiger partial charge in [-0.3, -0.25) is 19.7 Å². The van der Waals surface area contributed by atoms with Gasteiger partial charge in [-0.25, -0.2) is 0 Å². The number of hydrogen-bond acceptors (Lipinski definition) is 7.